The van der Waals surface area contributed by atoms with Crippen molar-refractivity contribution in [1.82, 2.24) is 29.8 Å². The number of hydrogen-bond donors (Lipinski definition) is 0. The first-order chi connectivity index (χ1) is 9.67. The molecule has 0 aliphatic rings. The zero-order valence-electron chi connectivity index (χ0n) is 11.9. The van der Waals surface area contributed by atoms with Crippen molar-refractivity contribution in [2.24, 2.45) is 7.05 Å². The number of esters is 1. The molecule has 0 atom stereocenters. The monoisotopic (exact) mass is 278 g/mol. The van der Waals surface area contributed by atoms with E-state index < -0.39 is 5.97 Å². The number of nitrogens with zero attached hydrogens (tertiary/aromatic N) is 6. The van der Waals surface area contributed by atoms with Gasteiger partial charge in [0.1, 0.15) is 12.9 Å². The molecule has 2 aromatic heterocycles. The van der Waals surface area contributed by atoms with Crippen molar-refractivity contribution in [3.8, 4) is 0 Å². The smallest absolute Gasteiger partial charge is 0.360 e. The van der Waals surface area contributed by atoms with Gasteiger partial charge in [0.15, 0.2) is 11.5 Å². The molecule has 0 radical (unpaired) electrons. The highest BCUT2D eigenvalue weighted by Crippen LogP contribution is 2.11. The molecule has 20 heavy (non-hydrogen) atoms. The minimum absolute atomic E-state index is 0.288. The predicted molar refractivity (Wildman–Crippen MR) is 70.1 cm³/mol. The van der Waals surface area contributed by atoms with Crippen LogP contribution in [0.25, 0.3) is 0 Å². The third-order valence-electron chi connectivity index (χ3n) is 2.89. The maximum atomic E-state index is 11.9. The molecule has 2 heterocycles. The molecule has 8 heteroatoms. The van der Waals surface area contributed by atoms with Crippen LogP contribution in [0, 0.1) is 0 Å². The van der Waals surface area contributed by atoms with Crippen molar-refractivity contribution in [3.63, 3.8) is 0 Å². The van der Waals surface area contributed by atoms with Crippen molar-refractivity contribution >= 4 is 5.97 Å². The number of hydrogen-bond acceptors (Lipinski definition) is 6. The number of carbonyl (C=O) groups excluding carboxylic acids is 1. The van der Waals surface area contributed by atoms with E-state index >= 15 is 0 Å². The molecule has 0 fully saturated rings. The lowest BCUT2D eigenvalue weighted by atomic mass is 10.2. The second kappa shape index (κ2) is 6.27. The van der Waals surface area contributed by atoms with Crippen LogP contribution < -0.4 is 0 Å². The van der Waals surface area contributed by atoms with Gasteiger partial charge in [-0.1, -0.05) is 18.6 Å². The van der Waals surface area contributed by atoms with E-state index in [9.17, 15) is 4.79 Å². The number of carbonyl (C=O) groups is 1. The van der Waals surface area contributed by atoms with Gasteiger partial charge in [0, 0.05) is 7.05 Å². The van der Waals surface area contributed by atoms with E-state index in [1.807, 2.05) is 14.0 Å². The normalized spacial score (nSPS) is 10.8. The van der Waals surface area contributed by atoms with Crippen LogP contribution in [-0.4, -0.2) is 42.3 Å². The topological polar surface area (TPSA) is 87.7 Å². The molecule has 0 saturated carbocycles. The molecule has 108 valence electrons. The summed E-state index contributed by atoms with van der Waals surface area (Å²) >= 11 is 0. The summed E-state index contributed by atoms with van der Waals surface area (Å²) < 4.78 is 8.49. The van der Waals surface area contributed by atoms with Crippen LogP contribution in [0.2, 0.25) is 0 Å². The van der Waals surface area contributed by atoms with Crippen molar-refractivity contribution in [1.29, 1.82) is 0 Å². The summed E-state index contributed by atoms with van der Waals surface area (Å²) in [5.74, 6) is 0.322. The van der Waals surface area contributed by atoms with Crippen molar-refractivity contribution < 1.29 is 9.53 Å². The summed E-state index contributed by atoms with van der Waals surface area (Å²) in [5.41, 5.74) is 1.06. The van der Waals surface area contributed by atoms with Gasteiger partial charge in [0.2, 0.25) is 0 Å². The summed E-state index contributed by atoms with van der Waals surface area (Å²) in [4.78, 5) is 11.9. The molecule has 0 aliphatic carbocycles. The second-order valence-corrected chi connectivity index (χ2v) is 4.37. The van der Waals surface area contributed by atoms with Gasteiger partial charge in [0.05, 0.1) is 12.3 Å². The Morgan fingerprint density at radius 1 is 1.35 bits per heavy atom. The summed E-state index contributed by atoms with van der Waals surface area (Å²) in [6, 6.07) is 0. The van der Waals surface area contributed by atoms with Crippen LogP contribution in [0.4, 0.5) is 0 Å². The van der Waals surface area contributed by atoms with Crippen molar-refractivity contribution in [3.05, 3.63) is 23.5 Å². The van der Waals surface area contributed by atoms with Gasteiger partial charge in [-0.15, -0.1) is 15.3 Å². The maximum absolute atomic E-state index is 11.9. The highest BCUT2D eigenvalue weighted by Gasteiger charge is 2.20. The lowest BCUT2D eigenvalue weighted by Crippen LogP contribution is -2.13. The van der Waals surface area contributed by atoms with E-state index in [1.54, 1.807) is 22.5 Å². The number of ether oxygens (including phenoxy) is 1. The third-order valence-corrected chi connectivity index (χ3v) is 2.89. The number of aromatic nitrogens is 6. The fraction of sp³-hybridized carbons (Fsp3) is 0.583. The van der Waals surface area contributed by atoms with Gasteiger partial charge >= 0.3 is 5.97 Å². The van der Waals surface area contributed by atoms with Crippen LogP contribution in [0.15, 0.2) is 6.33 Å². The van der Waals surface area contributed by atoms with Gasteiger partial charge < -0.3 is 9.30 Å². The highest BCUT2D eigenvalue weighted by molar-refractivity contribution is 5.88. The van der Waals surface area contributed by atoms with Crippen LogP contribution in [0.3, 0.4) is 0 Å². The molecular weight excluding hydrogens is 260 g/mol. The molecule has 0 aliphatic heterocycles. The molecule has 0 spiro atoms. The Bertz CT molecular complexity index is 589. The first-order valence-electron chi connectivity index (χ1n) is 6.59. The zero-order chi connectivity index (χ0) is 14.5. The summed E-state index contributed by atoms with van der Waals surface area (Å²) in [5, 5.41) is 15.8. The first kappa shape index (κ1) is 14.2. The summed E-state index contributed by atoms with van der Waals surface area (Å²) in [6.07, 6.45) is 3.22. The summed E-state index contributed by atoms with van der Waals surface area (Å²) in [6.45, 7) is 4.55. The summed E-state index contributed by atoms with van der Waals surface area (Å²) in [7, 11) is 1.86. The molecule has 0 amide bonds. The molecule has 0 unspecified atom stereocenters. The highest BCUT2D eigenvalue weighted by atomic mass is 16.5. The predicted octanol–water partition coefficient (Wildman–Crippen LogP) is 0.584. The quantitative estimate of drug-likeness (QED) is 0.718. The largest absolute Gasteiger partial charge is 0.461 e. The zero-order valence-corrected chi connectivity index (χ0v) is 11.9. The van der Waals surface area contributed by atoms with Gasteiger partial charge in [0.25, 0.3) is 0 Å². The van der Waals surface area contributed by atoms with Crippen LogP contribution in [-0.2, 0) is 24.8 Å². The Balaban J connectivity index is 2.29. The molecular formula is C12H18N6O2. The molecule has 2 rings (SSSR count). The average molecular weight is 278 g/mol. The van der Waals surface area contributed by atoms with Crippen LogP contribution >= 0.6 is 0 Å². The van der Waals surface area contributed by atoms with Gasteiger partial charge in [-0.25, -0.2) is 9.48 Å². The van der Waals surface area contributed by atoms with E-state index in [1.165, 1.54) is 0 Å². The SMILES string of the molecule is CCCc1c(C(=O)OCC)nnn1Cc1nncn1C. The van der Waals surface area contributed by atoms with E-state index in [2.05, 4.69) is 20.5 Å². The average Bonchev–Trinajstić information content (AvgIpc) is 2.99. The lowest BCUT2D eigenvalue weighted by molar-refractivity contribution is 0.0518. The van der Waals surface area contributed by atoms with Crippen LogP contribution in [0.5, 0.6) is 0 Å². The fourth-order valence-corrected chi connectivity index (χ4v) is 1.89. The Kier molecular flexibility index (Phi) is 4.44. The first-order valence-corrected chi connectivity index (χ1v) is 6.59. The van der Waals surface area contributed by atoms with E-state index in [0.717, 1.165) is 17.9 Å². The number of rotatable bonds is 6. The maximum Gasteiger partial charge on any atom is 0.360 e. The fourth-order valence-electron chi connectivity index (χ4n) is 1.89. The minimum atomic E-state index is -0.430. The molecule has 0 N–H and O–H groups in total. The minimum Gasteiger partial charge on any atom is -0.461 e. The van der Waals surface area contributed by atoms with E-state index in [-0.39, 0.29) is 5.69 Å². The molecule has 8 nitrogen and oxygen atoms in total. The second-order valence-electron chi connectivity index (χ2n) is 4.37. The Morgan fingerprint density at radius 2 is 2.15 bits per heavy atom. The van der Waals surface area contributed by atoms with Gasteiger partial charge in [-0.3, -0.25) is 0 Å². The molecule has 2 aromatic rings. The third kappa shape index (κ3) is 2.84. The molecule has 0 saturated heterocycles. The Hall–Kier alpha value is -2.25. The molecule has 0 aromatic carbocycles. The van der Waals surface area contributed by atoms with Crippen molar-refractivity contribution in [2.75, 3.05) is 6.61 Å². The van der Waals surface area contributed by atoms with Gasteiger partial charge in [-0.2, -0.15) is 0 Å². The Morgan fingerprint density at radius 3 is 2.75 bits per heavy atom. The van der Waals surface area contributed by atoms with Crippen molar-refractivity contribution in [2.45, 2.75) is 33.2 Å². The number of aryl methyl sites for hydroxylation is 1. The standard InChI is InChI=1S/C12H18N6O2/c1-4-6-9-11(12(19)20-5-2)15-16-18(9)7-10-14-13-8-17(10)3/h8H,4-7H2,1-3H3. The van der Waals surface area contributed by atoms with Crippen LogP contribution in [0.1, 0.15) is 42.3 Å². The lowest BCUT2D eigenvalue weighted by Gasteiger charge is -2.06. The molecule has 0 bridgehead atoms. The van der Waals surface area contributed by atoms with Gasteiger partial charge in [-0.05, 0) is 13.3 Å². The van der Waals surface area contributed by atoms with E-state index in [4.69, 9.17) is 4.74 Å². The van der Waals surface area contributed by atoms with E-state index in [0.29, 0.717) is 19.6 Å². The Labute approximate surface area is 116 Å².